The monoisotopic (exact) mass is 201 g/mol. The van der Waals surface area contributed by atoms with Crippen molar-refractivity contribution in [2.24, 2.45) is 0 Å². The van der Waals surface area contributed by atoms with Gasteiger partial charge in [0.05, 0.1) is 12.2 Å². The number of nitrogens with zero attached hydrogens (tertiary/aromatic N) is 1. The van der Waals surface area contributed by atoms with E-state index in [0.717, 1.165) is 19.4 Å². The molecule has 1 rings (SSSR count). The summed E-state index contributed by atoms with van der Waals surface area (Å²) in [5.74, 6) is 0. The highest BCUT2D eigenvalue weighted by atomic mass is 16.3. The van der Waals surface area contributed by atoms with Crippen molar-refractivity contribution in [3.05, 3.63) is 0 Å². The Morgan fingerprint density at radius 1 is 1.43 bits per heavy atom. The van der Waals surface area contributed by atoms with Gasteiger partial charge in [-0.25, -0.2) is 0 Å². The summed E-state index contributed by atoms with van der Waals surface area (Å²) in [4.78, 5) is 2.23. The van der Waals surface area contributed by atoms with E-state index in [2.05, 4.69) is 4.90 Å². The fraction of sp³-hybridized carbons (Fsp3) is 1.00. The first-order chi connectivity index (χ1) is 6.59. The second kappa shape index (κ2) is 5.10. The molecular formula is C11H23NO2. The van der Waals surface area contributed by atoms with Gasteiger partial charge in [0.2, 0.25) is 0 Å². The predicted molar refractivity (Wildman–Crippen MR) is 57.2 cm³/mol. The summed E-state index contributed by atoms with van der Waals surface area (Å²) < 4.78 is 0. The Labute approximate surface area is 86.7 Å². The van der Waals surface area contributed by atoms with Crippen LogP contribution in [0.1, 0.15) is 39.5 Å². The Hall–Kier alpha value is -0.120. The van der Waals surface area contributed by atoms with Crippen LogP contribution in [0.2, 0.25) is 0 Å². The predicted octanol–water partition coefficient (Wildman–Crippen LogP) is 0.994. The molecule has 0 amide bonds. The van der Waals surface area contributed by atoms with Crippen LogP contribution < -0.4 is 0 Å². The van der Waals surface area contributed by atoms with Gasteiger partial charge in [0.1, 0.15) is 0 Å². The molecule has 0 saturated carbocycles. The van der Waals surface area contributed by atoms with E-state index in [1.165, 1.54) is 12.8 Å². The van der Waals surface area contributed by atoms with Gasteiger partial charge < -0.3 is 10.2 Å². The highest BCUT2D eigenvalue weighted by Crippen LogP contribution is 2.20. The van der Waals surface area contributed by atoms with Crippen LogP contribution in [0.4, 0.5) is 0 Å². The summed E-state index contributed by atoms with van der Waals surface area (Å²) in [6.45, 7) is 5.80. The van der Waals surface area contributed by atoms with E-state index in [1.807, 2.05) is 13.8 Å². The molecule has 3 nitrogen and oxygen atoms in total. The molecule has 3 heteroatoms. The van der Waals surface area contributed by atoms with Crippen LogP contribution in [0, 0.1) is 0 Å². The molecule has 2 unspecified atom stereocenters. The van der Waals surface area contributed by atoms with E-state index < -0.39 is 5.60 Å². The lowest BCUT2D eigenvalue weighted by molar-refractivity contribution is -0.0164. The first-order valence-electron chi connectivity index (χ1n) is 5.66. The Kier molecular flexibility index (Phi) is 4.35. The van der Waals surface area contributed by atoms with Crippen molar-refractivity contribution < 1.29 is 10.2 Å². The zero-order valence-electron chi connectivity index (χ0n) is 9.37. The van der Waals surface area contributed by atoms with Gasteiger partial charge in [-0.1, -0.05) is 13.3 Å². The zero-order valence-corrected chi connectivity index (χ0v) is 9.37. The van der Waals surface area contributed by atoms with Gasteiger partial charge >= 0.3 is 0 Å². The van der Waals surface area contributed by atoms with Gasteiger partial charge in [0.15, 0.2) is 0 Å². The van der Waals surface area contributed by atoms with Gasteiger partial charge in [-0.15, -0.1) is 0 Å². The molecule has 0 aromatic heterocycles. The van der Waals surface area contributed by atoms with Crippen molar-refractivity contribution in [2.75, 3.05) is 19.7 Å². The summed E-state index contributed by atoms with van der Waals surface area (Å²) in [7, 11) is 0. The van der Waals surface area contributed by atoms with Gasteiger partial charge in [0.25, 0.3) is 0 Å². The van der Waals surface area contributed by atoms with E-state index in [-0.39, 0.29) is 12.6 Å². The van der Waals surface area contributed by atoms with Gasteiger partial charge in [-0.3, -0.25) is 4.90 Å². The summed E-state index contributed by atoms with van der Waals surface area (Å²) >= 11 is 0. The third-order valence-corrected chi connectivity index (χ3v) is 3.27. The summed E-state index contributed by atoms with van der Waals surface area (Å²) in [6.07, 6.45) is 4.23. The zero-order chi connectivity index (χ0) is 10.6. The molecule has 1 saturated heterocycles. The Balaban J connectivity index is 2.48. The smallest absolute Gasteiger partial charge is 0.0743 e. The minimum absolute atomic E-state index is 0.222. The third kappa shape index (κ3) is 3.23. The minimum atomic E-state index is -0.606. The first kappa shape index (κ1) is 12.0. The molecule has 0 spiro atoms. The van der Waals surface area contributed by atoms with E-state index in [0.29, 0.717) is 6.54 Å². The average molecular weight is 201 g/mol. The molecule has 0 aromatic rings. The molecule has 0 aliphatic carbocycles. The van der Waals surface area contributed by atoms with Crippen LogP contribution >= 0.6 is 0 Å². The van der Waals surface area contributed by atoms with Gasteiger partial charge in [0, 0.05) is 12.6 Å². The highest BCUT2D eigenvalue weighted by Gasteiger charge is 2.28. The topological polar surface area (TPSA) is 43.7 Å². The number of aliphatic hydroxyl groups excluding tert-OH is 1. The summed E-state index contributed by atoms with van der Waals surface area (Å²) in [5.41, 5.74) is -0.606. The molecule has 1 fully saturated rings. The minimum Gasteiger partial charge on any atom is -0.395 e. The lowest BCUT2D eigenvalue weighted by Crippen LogP contribution is -2.49. The van der Waals surface area contributed by atoms with Crippen LogP contribution in [-0.4, -0.2) is 46.5 Å². The van der Waals surface area contributed by atoms with Gasteiger partial charge in [-0.05, 0) is 32.7 Å². The molecule has 0 aromatic carbocycles. The fourth-order valence-electron chi connectivity index (χ4n) is 2.02. The number of likely N-dealkylation sites (tertiary alicyclic amines) is 1. The second-order valence-electron chi connectivity index (χ2n) is 4.65. The number of β-amino-alcohol motifs (C(OH)–C–C–N with tert-alkyl or cyclic N) is 1. The molecule has 1 aliphatic rings. The maximum Gasteiger partial charge on any atom is 0.0743 e. The van der Waals surface area contributed by atoms with Crippen LogP contribution in [0.25, 0.3) is 0 Å². The van der Waals surface area contributed by atoms with Crippen molar-refractivity contribution in [1.82, 2.24) is 4.90 Å². The van der Waals surface area contributed by atoms with Crippen LogP contribution in [0.3, 0.4) is 0 Å². The number of hydrogen-bond donors (Lipinski definition) is 2. The van der Waals surface area contributed by atoms with E-state index in [1.54, 1.807) is 0 Å². The SMILES string of the molecule is CCC(C)(O)CN1CCCCC1CO. The maximum atomic E-state index is 9.97. The van der Waals surface area contributed by atoms with Gasteiger partial charge in [-0.2, -0.15) is 0 Å². The van der Waals surface area contributed by atoms with Crippen molar-refractivity contribution >= 4 is 0 Å². The number of aliphatic hydroxyl groups is 2. The number of hydrogen-bond acceptors (Lipinski definition) is 3. The van der Waals surface area contributed by atoms with Crippen LogP contribution in [0.15, 0.2) is 0 Å². The lowest BCUT2D eigenvalue weighted by Gasteiger charge is -2.38. The Morgan fingerprint density at radius 2 is 2.14 bits per heavy atom. The first-order valence-corrected chi connectivity index (χ1v) is 5.66. The molecule has 0 bridgehead atoms. The van der Waals surface area contributed by atoms with E-state index in [9.17, 15) is 10.2 Å². The third-order valence-electron chi connectivity index (χ3n) is 3.27. The summed E-state index contributed by atoms with van der Waals surface area (Å²) in [5, 5.41) is 19.2. The quantitative estimate of drug-likeness (QED) is 0.713. The molecule has 1 aliphatic heterocycles. The molecule has 1 heterocycles. The average Bonchev–Trinajstić information content (AvgIpc) is 2.18. The van der Waals surface area contributed by atoms with E-state index in [4.69, 9.17) is 0 Å². The highest BCUT2D eigenvalue weighted by molar-refractivity contribution is 4.83. The molecule has 2 N–H and O–H groups in total. The normalized spacial score (nSPS) is 28.7. The largest absolute Gasteiger partial charge is 0.395 e. The van der Waals surface area contributed by atoms with Crippen molar-refractivity contribution in [2.45, 2.75) is 51.2 Å². The lowest BCUT2D eigenvalue weighted by atomic mass is 9.97. The van der Waals surface area contributed by atoms with Crippen LogP contribution in [-0.2, 0) is 0 Å². The maximum absolute atomic E-state index is 9.97. The molecule has 14 heavy (non-hydrogen) atoms. The number of piperidine rings is 1. The van der Waals surface area contributed by atoms with E-state index >= 15 is 0 Å². The van der Waals surface area contributed by atoms with Crippen LogP contribution in [0.5, 0.6) is 0 Å². The molecule has 0 radical (unpaired) electrons. The fourth-order valence-corrected chi connectivity index (χ4v) is 2.02. The Morgan fingerprint density at radius 3 is 2.71 bits per heavy atom. The molecule has 2 atom stereocenters. The standard InChI is InChI=1S/C11H23NO2/c1-3-11(2,14)9-12-7-5-4-6-10(12)8-13/h10,13-14H,3-9H2,1-2H3. The number of rotatable bonds is 4. The molecule has 84 valence electrons. The van der Waals surface area contributed by atoms with Crippen molar-refractivity contribution in [3.8, 4) is 0 Å². The second-order valence-corrected chi connectivity index (χ2v) is 4.65. The van der Waals surface area contributed by atoms with Crippen molar-refractivity contribution in [3.63, 3.8) is 0 Å². The summed E-state index contributed by atoms with van der Waals surface area (Å²) in [6, 6.07) is 0.266. The molecular weight excluding hydrogens is 178 g/mol. The van der Waals surface area contributed by atoms with Crippen molar-refractivity contribution in [1.29, 1.82) is 0 Å². The Bertz CT molecular complexity index is 171.